The average molecular weight is 277 g/mol. The Morgan fingerprint density at radius 1 is 1.16 bits per heavy atom. The van der Waals surface area contributed by atoms with Crippen molar-refractivity contribution in [3.8, 4) is 10.4 Å². The Hall–Kier alpha value is -1.81. The number of nitrogens with two attached hydrogens (primary N) is 1. The van der Waals surface area contributed by atoms with Gasteiger partial charge in [0.2, 0.25) is 0 Å². The Morgan fingerprint density at radius 3 is 2.26 bits per heavy atom. The summed E-state index contributed by atoms with van der Waals surface area (Å²) in [5, 5.41) is 2.06. The van der Waals surface area contributed by atoms with Crippen LogP contribution < -0.4 is 5.73 Å². The highest BCUT2D eigenvalue weighted by Gasteiger charge is 2.07. The molecule has 0 saturated carbocycles. The van der Waals surface area contributed by atoms with Gasteiger partial charge in [0.1, 0.15) is 5.60 Å². The average Bonchev–Trinajstić information content (AvgIpc) is 2.82. The smallest absolute Gasteiger partial charge is 0.293 e. The van der Waals surface area contributed by atoms with Gasteiger partial charge in [-0.15, -0.1) is 11.3 Å². The third-order valence-corrected chi connectivity index (χ3v) is 3.05. The van der Waals surface area contributed by atoms with Crippen LogP contribution in [0.4, 0.5) is 5.69 Å². The van der Waals surface area contributed by atoms with Crippen LogP contribution in [0.5, 0.6) is 0 Å². The molecule has 2 rings (SSSR count). The van der Waals surface area contributed by atoms with Gasteiger partial charge < -0.3 is 10.5 Å². The van der Waals surface area contributed by atoms with Gasteiger partial charge in [0.05, 0.1) is 0 Å². The molecule has 0 fully saturated rings. The van der Waals surface area contributed by atoms with Crippen molar-refractivity contribution in [3.63, 3.8) is 0 Å². The summed E-state index contributed by atoms with van der Waals surface area (Å²) in [5.74, 6) is 0. The summed E-state index contributed by atoms with van der Waals surface area (Å²) in [6.45, 7) is 5.92. The highest BCUT2D eigenvalue weighted by molar-refractivity contribution is 7.13. The van der Waals surface area contributed by atoms with E-state index < -0.39 is 0 Å². The van der Waals surface area contributed by atoms with Crippen LogP contribution in [-0.2, 0) is 9.53 Å². The second kappa shape index (κ2) is 6.95. The molecule has 4 heteroatoms. The predicted octanol–water partition coefficient (Wildman–Crippen LogP) is 3.96. The number of nitrogen functional groups attached to an aromatic ring is 1. The molecule has 3 nitrogen and oxygen atoms in total. The van der Waals surface area contributed by atoms with E-state index in [0.29, 0.717) is 6.47 Å². The molecule has 102 valence electrons. The zero-order chi connectivity index (χ0) is 14.3. The van der Waals surface area contributed by atoms with Crippen LogP contribution in [0.15, 0.2) is 41.8 Å². The molecule has 0 aliphatic heterocycles. The first-order valence-corrected chi connectivity index (χ1v) is 6.82. The number of rotatable bonds is 2. The van der Waals surface area contributed by atoms with Crippen LogP contribution in [0.1, 0.15) is 20.8 Å². The van der Waals surface area contributed by atoms with Crippen LogP contribution >= 0.6 is 11.3 Å². The van der Waals surface area contributed by atoms with Crippen LogP contribution in [0.25, 0.3) is 10.4 Å². The van der Waals surface area contributed by atoms with E-state index >= 15 is 0 Å². The van der Waals surface area contributed by atoms with E-state index in [2.05, 4.69) is 16.2 Å². The van der Waals surface area contributed by atoms with Gasteiger partial charge >= 0.3 is 0 Å². The first-order valence-electron chi connectivity index (χ1n) is 5.94. The minimum atomic E-state index is -0.318. The number of thiophene rings is 1. The molecular formula is C15H19NO2S. The highest BCUT2D eigenvalue weighted by atomic mass is 32.1. The number of anilines is 1. The SMILES string of the molecule is CC(C)(C)OC=O.Nc1ccccc1-c1cccs1. The number of ether oxygens (including phenoxy) is 1. The summed E-state index contributed by atoms with van der Waals surface area (Å²) >= 11 is 1.71. The fourth-order valence-electron chi connectivity index (χ4n) is 1.30. The molecule has 0 unspecified atom stereocenters. The van der Waals surface area contributed by atoms with Gasteiger partial charge in [0.15, 0.2) is 0 Å². The number of para-hydroxylation sites is 1. The lowest BCUT2D eigenvalue weighted by molar-refractivity contribution is -0.138. The molecule has 2 aromatic rings. The molecule has 0 spiro atoms. The van der Waals surface area contributed by atoms with E-state index in [1.807, 2.05) is 51.1 Å². The maximum absolute atomic E-state index is 9.60. The summed E-state index contributed by atoms with van der Waals surface area (Å²) in [6.07, 6.45) is 0. The lowest BCUT2D eigenvalue weighted by atomic mass is 10.1. The van der Waals surface area contributed by atoms with Crippen LogP contribution in [0, 0.1) is 0 Å². The van der Waals surface area contributed by atoms with Crippen molar-refractivity contribution < 1.29 is 9.53 Å². The second-order valence-corrected chi connectivity index (χ2v) is 5.84. The van der Waals surface area contributed by atoms with Crippen LogP contribution in [0.3, 0.4) is 0 Å². The van der Waals surface area contributed by atoms with Gasteiger partial charge in [-0.05, 0) is 38.3 Å². The van der Waals surface area contributed by atoms with Gasteiger partial charge in [-0.1, -0.05) is 24.3 Å². The van der Waals surface area contributed by atoms with E-state index in [0.717, 1.165) is 11.3 Å². The fourth-order valence-corrected chi connectivity index (χ4v) is 2.07. The van der Waals surface area contributed by atoms with Crippen molar-refractivity contribution in [2.75, 3.05) is 5.73 Å². The van der Waals surface area contributed by atoms with Crippen LogP contribution in [0.2, 0.25) is 0 Å². The van der Waals surface area contributed by atoms with Crippen molar-refractivity contribution in [2.24, 2.45) is 0 Å². The topological polar surface area (TPSA) is 52.3 Å². The van der Waals surface area contributed by atoms with Crippen molar-refractivity contribution in [2.45, 2.75) is 26.4 Å². The number of hydrogen-bond acceptors (Lipinski definition) is 4. The molecule has 2 N–H and O–H groups in total. The largest absolute Gasteiger partial charge is 0.462 e. The third kappa shape index (κ3) is 5.57. The minimum Gasteiger partial charge on any atom is -0.462 e. The number of carbonyl (C=O) groups is 1. The zero-order valence-electron chi connectivity index (χ0n) is 11.4. The Balaban J connectivity index is 0.000000224. The summed E-state index contributed by atoms with van der Waals surface area (Å²) in [6, 6.07) is 12.0. The molecule has 0 saturated heterocycles. The van der Waals surface area contributed by atoms with Gasteiger partial charge in [0.25, 0.3) is 6.47 Å². The normalized spacial score (nSPS) is 10.3. The molecular weight excluding hydrogens is 258 g/mol. The monoisotopic (exact) mass is 277 g/mol. The lowest BCUT2D eigenvalue weighted by Crippen LogP contribution is -2.17. The summed E-state index contributed by atoms with van der Waals surface area (Å²) < 4.78 is 4.55. The molecule has 19 heavy (non-hydrogen) atoms. The van der Waals surface area contributed by atoms with E-state index in [9.17, 15) is 4.79 Å². The lowest BCUT2D eigenvalue weighted by Gasteiger charge is -2.14. The number of carbonyl (C=O) groups excluding carboxylic acids is 1. The summed E-state index contributed by atoms with van der Waals surface area (Å²) in [4.78, 5) is 10.8. The molecule has 0 aliphatic carbocycles. The van der Waals surface area contributed by atoms with Crippen molar-refractivity contribution in [3.05, 3.63) is 41.8 Å². The molecule has 0 aliphatic rings. The molecule has 1 aromatic carbocycles. The van der Waals surface area contributed by atoms with Crippen molar-refractivity contribution in [1.82, 2.24) is 0 Å². The molecule has 1 aromatic heterocycles. The van der Waals surface area contributed by atoms with E-state index in [4.69, 9.17) is 5.73 Å². The standard InChI is InChI=1S/C10H9NS.C5H10O2/c11-9-5-2-1-4-8(9)10-6-3-7-12-10;1-5(2,3)7-4-6/h1-7H,11H2;4H,1-3H3. The Kier molecular flexibility index (Phi) is 5.57. The Bertz CT molecular complexity index is 501. The second-order valence-electron chi connectivity index (χ2n) is 4.89. The quantitative estimate of drug-likeness (QED) is 0.668. The summed E-state index contributed by atoms with van der Waals surface area (Å²) in [5.41, 5.74) is 7.48. The third-order valence-electron chi connectivity index (χ3n) is 2.15. The highest BCUT2D eigenvalue weighted by Crippen LogP contribution is 2.28. The van der Waals surface area contributed by atoms with Gasteiger partial charge in [-0.2, -0.15) is 0 Å². The van der Waals surface area contributed by atoms with Gasteiger partial charge in [-0.25, -0.2) is 0 Å². The Morgan fingerprint density at radius 2 is 1.84 bits per heavy atom. The number of hydrogen-bond donors (Lipinski definition) is 1. The molecule has 0 atom stereocenters. The van der Waals surface area contributed by atoms with Crippen LogP contribution in [-0.4, -0.2) is 12.1 Å². The molecule has 0 amide bonds. The maximum Gasteiger partial charge on any atom is 0.293 e. The predicted molar refractivity (Wildman–Crippen MR) is 81.1 cm³/mol. The molecule has 0 radical (unpaired) electrons. The Labute approximate surface area is 118 Å². The zero-order valence-corrected chi connectivity index (χ0v) is 12.2. The molecule has 0 bridgehead atoms. The van der Waals surface area contributed by atoms with E-state index in [1.54, 1.807) is 11.3 Å². The van der Waals surface area contributed by atoms with Gasteiger partial charge in [0, 0.05) is 16.1 Å². The minimum absolute atomic E-state index is 0.318. The van der Waals surface area contributed by atoms with Gasteiger partial charge in [-0.3, -0.25) is 4.79 Å². The first-order chi connectivity index (χ1) is 8.94. The number of benzene rings is 1. The first kappa shape index (κ1) is 15.2. The van der Waals surface area contributed by atoms with Crippen molar-refractivity contribution >= 4 is 23.5 Å². The van der Waals surface area contributed by atoms with E-state index in [-0.39, 0.29) is 5.60 Å². The molecule has 1 heterocycles. The maximum atomic E-state index is 9.60. The van der Waals surface area contributed by atoms with Crippen molar-refractivity contribution in [1.29, 1.82) is 0 Å². The summed E-state index contributed by atoms with van der Waals surface area (Å²) in [7, 11) is 0. The fraction of sp³-hybridized carbons (Fsp3) is 0.267. The van der Waals surface area contributed by atoms with E-state index in [1.165, 1.54) is 4.88 Å².